The summed E-state index contributed by atoms with van der Waals surface area (Å²) in [6.07, 6.45) is 6.79. The molecule has 0 bridgehead atoms. The van der Waals surface area contributed by atoms with E-state index in [0.717, 1.165) is 6.04 Å². The molecular formula is C13H26N2S. The van der Waals surface area contributed by atoms with E-state index in [1.807, 2.05) is 0 Å². The zero-order chi connectivity index (χ0) is 11.4. The molecule has 0 aromatic rings. The molecule has 2 rings (SSSR count). The smallest absolute Gasteiger partial charge is 0.0309 e. The number of thioether (sulfide) groups is 1. The van der Waals surface area contributed by atoms with Crippen molar-refractivity contribution in [3.8, 4) is 0 Å². The van der Waals surface area contributed by atoms with Gasteiger partial charge in [0.1, 0.15) is 0 Å². The maximum atomic E-state index is 3.78. The van der Waals surface area contributed by atoms with Crippen molar-refractivity contribution in [1.82, 2.24) is 10.2 Å². The van der Waals surface area contributed by atoms with Gasteiger partial charge < -0.3 is 10.2 Å². The van der Waals surface area contributed by atoms with E-state index in [4.69, 9.17) is 0 Å². The van der Waals surface area contributed by atoms with Crippen LogP contribution in [-0.2, 0) is 0 Å². The first-order valence-electron chi connectivity index (χ1n) is 6.79. The highest BCUT2D eigenvalue weighted by Crippen LogP contribution is 2.28. The lowest BCUT2D eigenvalue weighted by atomic mass is 9.91. The Kier molecular flexibility index (Phi) is 4.57. The van der Waals surface area contributed by atoms with Gasteiger partial charge in [-0.1, -0.05) is 13.3 Å². The molecule has 2 saturated heterocycles. The van der Waals surface area contributed by atoms with Crippen LogP contribution in [0.1, 0.15) is 39.0 Å². The molecule has 3 heteroatoms. The Morgan fingerprint density at radius 3 is 2.94 bits per heavy atom. The van der Waals surface area contributed by atoms with Crippen molar-refractivity contribution in [2.75, 3.05) is 31.6 Å². The van der Waals surface area contributed by atoms with Crippen molar-refractivity contribution >= 4 is 11.8 Å². The van der Waals surface area contributed by atoms with Gasteiger partial charge in [0.05, 0.1) is 0 Å². The lowest BCUT2D eigenvalue weighted by Gasteiger charge is -2.36. The summed E-state index contributed by atoms with van der Waals surface area (Å²) in [7, 11) is 2.33. The average molecular weight is 242 g/mol. The maximum absolute atomic E-state index is 3.78. The second kappa shape index (κ2) is 5.74. The molecule has 0 saturated carbocycles. The third kappa shape index (κ3) is 2.93. The molecule has 2 atom stereocenters. The van der Waals surface area contributed by atoms with Crippen molar-refractivity contribution in [2.24, 2.45) is 0 Å². The minimum absolute atomic E-state index is 0.441. The van der Waals surface area contributed by atoms with E-state index in [9.17, 15) is 0 Å². The van der Waals surface area contributed by atoms with Crippen LogP contribution in [0.2, 0.25) is 0 Å². The van der Waals surface area contributed by atoms with Crippen LogP contribution in [0.4, 0.5) is 0 Å². The molecule has 0 radical (unpaired) electrons. The Labute approximate surface area is 105 Å². The molecule has 94 valence electrons. The molecule has 0 aliphatic carbocycles. The molecule has 2 aliphatic heterocycles. The van der Waals surface area contributed by atoms with Crippen LogP contribution < -0.4 is 5.32 Å². The van der Waals surface area contributed by atoms with Gasteiger partial charge in [0.25, 0.3) is 0 Å². The number of likely N-dealkylation sites (N-methyl/N-ethyl adjacent to an activating group) is 1. The van der Waals surface area contributed by atoms with Gasteiger partial charge in [-0.15, -0.1) is 0 Å². The van der Waals surface area contributed by atoms with Gasteiger partial charge in [-0.25, -0.2) is 0 Å². The predicted molar refractivity (Wildman–Crippen MR) is 73.2 cm³/mol. The molecule has 2 aliphatic rings. The summed E-state index contributed by atoms with van der Waals surface area (Å²) in [4.78, 5) is 2.62. The minimum atomic E-state index is 0.441. The number of rotatable bonds is 5. The first kappa shape index (κ1) is 12.7. The maximum Gasteiger partial charge on any atom is 0.0309 e. The summed E-state index contributed by atoms with van der Waals surface area (Å²) in [6.45, 7) is 4.80. The Morgan fingerprint density at radius 1 is 1.50 bits per heavy atom. The molecular weight excluding hydrogens is 216 g/mol. The SMILES string of the molecule is CCCC1(CN(C)C2CCSC2)CCCN1. The molecule has 1 N–H and O–H groups in total. The molecule has 0 amide bonds. The van der Waals surface area contributed by atoms with Crippen molar-refractivity contribution in [2.45, 2.75) is 50.6 Å². The van der Waals surface area contributed by atoms with Gasteiger partial charge in [0.15, 0.2) is 0 Å². The molecule has 2 unspecified atom stereocenters. The monoisotopic (exact) mass is 242 g/mol. The molecule has 0 aromatic heterocycles. The van der Waals surface area contributed by atoms with Crippen LogP contribution in [0.15, 0.2) is 0 Å². The van der Waals surface area contributed by atoms with Gasteiger partial charge in [0.2, 0.25) is 0 Å². The fourth-order valence-electron chi connectivity index (χ4n) is 3.25. The summed E-state index contributed by atoms with van der Waals surface area (Å²) < 4.78 is 0. The first-order valence-corrected chi connectivity index (χ1v) is 7.94. The fourth-order valence-corrected chi connectivity index (χ4v) is 4.55. The van der Waals surface area contributed by atoms with Gasteiger partial charge in [-0.2, -0.15) is 11.8 Å². The van der Waals surface area contributed by atoms with E-state index in [1.165, 1.54) is 56.7 Å². The second-order valence-electron chi connectivity index (χ2n) is 5.49. The normalized spacial score (nSPS) is 35.1. The van der Waals surface area contributed by atoms with Crippen molar-refractivity contribution in [3.63, 3.8) is 0 Å². The van der Waals surface area contributed by atoms with E-state index < -0.39 is 0 Å². The average Bonchev–Trinajstić information content (AvgIpc) is 2.88. The van der Waals surface area contributed by atoms with Crippen molar-refractivity contribution < 1.29 is 0 Å². The van der Waals surface area contributed by atoms with Gasteiger partial charge >= 0.3 is 0 Å². The van der Waals surface area contributed by atoms with E-state index in [-0.39, 0.29) is 0 Å². The zero-order valence-electron chi connectivity index (χ0n) is 10.8. The highest BCUT2D eigenvalue weighted by molar-refractivity contribution is 7.99. The molecule has 2 fully saturated rings. The van der Waals surface area contributed by atoms with Crippen LogP contribution in [0.3, 0.4) is 0 Å². The molecule has 2 heterocycles. The zero-order valence-corrected chi connectivity index (χ0v) is 11.6. The summed E-state index contributed by atoms with van der Waals surface area (Å²) in [5.74, 6) is 2.71. The fraction of sp³-hybridized carbons (Fsp3) is 1.00. The molecule has 0 spiro atoms. The lowest BCUT2D eigenvalue weighted by Crippen LogP contribution is -2.51. The summed E-state index contributed by atoms with van der Waals surface area (Å²) in [6, 6.07) is 0.834. The van der Waals surface area contributed by atoms with Gasteiger partial charge in [-0.05, 0) is 45.0 Å². The van der Waals surface area contributed by atoms with Crippen LogP contribution in [0.5, 0.6) is 0 Å². The van der Waals surface area contributed by atoms with Crippen LogP contribution in [0, 0.1) is 0 Å². The van der Waals surface area contributed by atoms with E-state index in [1.54, 1.807) is 0 Å². The van der Waals surface area contributed by atoms with Crippen molar-refractivity contribution in [1.29, 1.82) is 0 Å². The van der Waals surface area contributed by atoms with E-state index in [0.29, 0.717) is 5.54 Å². The third-order valence-electron chi connectivity index (χ3n) is 4.14. The number of hydrogen-bond donors (Lipinski definition) is 1. The molecule has 2 nitrogen and oxygen atoms in total. The van der Waals surface area contributed by atoms with Gasteiger partial charge in [-0.3, -0.25) is 0 Å². The van der Waals surface area contributed by atoms with Crippen LogP contribution >= 0.6 is 11.8 Å². The quantitative estimate of drug-likeness (QED) is 0.797. The molecule has 0 aromatic carbocycles. The Hall–Kier alpha value is 0.270. The topological polar surface area (TPSA) is 15.3 Å². The first-order chi connectivity index (χ1) is 7.76. The summed E-state index contributed by atoms with van der Waals surface area (Å²) >= 11 is 2.12. The highest BCUT2D eigenvalue weighted by Gasteiger charge is 2.35. The van der Waals surface area contributed by atoms with Crippen molar-refractivity contribution in [3.05, 3.63) is 0 Å². The van der Waals surface area contributed by atoms with Gasteiger partial charge in [0, 0.05) is 23.9 Å². The Balaban J connectivity index is 1.89. The van der Waals surface area contributed by atoms with Crippen LogP contribution in [-0.4, -0.2) is 48.1 Å². The summed E-state index contributed by atoms with van der Waals surface area (Å²) in [5, 5.41) is 3.78. The largest absolute Gasteiger partial charge is 0.310 e. The summed E-state index contributed by atoms with van der Waals surface area (Å²) in [5.41, 5.74) is 0.441. The molecule has 16 heavy (non-hydrogen) atoms. The van der Waals surface area contributed by atoms with E-state index >= 15 is 0 Å². The van der Waals surface area contributed by atoms with Crippen LogP contribution in [0.25, 0.3) is 0 Å². The number of nitrogens with zero attached hydrogens (tertiary/aromatic N) is 1. The minimum Gasteiger partial charge on any atom is -0.310 e. The Bertz CT molecular complexity index is 208. The third-order valence-corrected chi connectivity index (χ3v) is 5.29. The van der Waals surface area contributed by atoms with E-state index in [2.05, 4.69) is 35.9 Å². The predicted octanol–water partition coefficient (Wildman–Crippen LogP) is 2.35. The Morgan fingerprint density at radius 2 is 2.38 bits per heavy atom. The lowest BCUT2D eigenvalue weighted by molar-refractivity contribution is 0.177. The standard InChI is InChI=1S/C13H26N2S/c1-3-6-13(7-4-8-14-13)11-15(2)12-5-9-16-10-12/h12,14H,3-11H2,1-2H3. The second-order valence-corrected chi connectivity index (χ2v) is 6.64. The highest BCUT2D eigenvalue weighted by atomic mass is 32.2. The number of nitrogens with one attached hydrogen (secondary N) is 1. The number of hydrogen-bond acceptors (Lipinski definition) is 3.